The molecule has 23 heavy (non-hydrogen) atoms. The van der Waals surface area contributed by atoms with Gasteiger partial charge in [-0.05, 0) is 53.6 Å². The van der Waals surface area contributed by atoms with Crippen molar-refractivity contribution < 1.29 is 0 Å². The number of pyridine rings is 1. The molecule has 0 aliphatic heterocycles. The number of nitrogens with zero attached hydrogens (tertiary/aromatic N) is 3. The lowest BCUT2D eigenvalue weighted by molar-refractivity contribution is 0.963. The van der Waals surface area contributed by atoms with Crippen LogP contribution in [0.2, 0.25) is 0 Å². The summed E-state index contributed by atoms with van der Waals surface area (Å²) in [4.78, 5) is 0. The van der Waals surface area contributed by atoms with Crippen LogP contribution in [0.4, 0.5) is 5.82 Å². The van der Waals surface area contributed by atoms with Gasteiger partial charge in [-0.15, -0.1) is 0 Å². The zero-order valence-corrected chi connectivity index (χ0v) is 12.9. The van der Waals surface area contributed by atoms with Crippen molar-refractivity contribution in [2.75, 3.05) is 12.4 Å². The molecule has 4 aromatic rings. The molecule has 0 unspecified atom stereocenters. The molecular weight excluding hydrogens is 286 g/mol. The monoisotopic (exact) mass is 303 g/mol. The minimum Gasteiger partial charge on any atom is -0.372 e. The zero-order valence-electron chi connectivity index (χ0n) is 12.9. The van der Waals surface area contributed by atoms with Crippen molar-refractivity contribution in [2.24, 2.45) is 0 Å². The van der Waals surface area contributed by atoms with Gasteiger partial charge < -0.3 is 5.32 Å². The average Bonchev–Trinajstić information content (AvgIpc) is 3.16. The van der Waals surface area contributed by atoms with Crippen molar-refractivity contribution >= 4 is 22.2 Å². The summed E-state index contributed by atoms with van der Waals surface area (Å²) in [5.74, 6) is 1.57. The Labute approximate surface area is 133 Å². The second-order valence-corrected chi connectivity index (χ2v) is 6.20. The summed E-state index contributed by atoms with van der Waals surface area (Å²) in [5, 5.41) is 16.1. The van der Waals surface area contributed by atoms with Crippen molar-refractivity contribution in [3.63, 3.8) is 0 Å². The second-order valence-electron chi connectivity index (χ2n) is 6.20. The minimum absolute atomic E-state index is 0.693. The Bertz CT molecular complexity index is 1020. The van der Waals surface area contributed by atoms with Crippen LogP contribution in [0.1, 0.15) is 24.3 Å². The lowest BCUT2D eigenvalue weighted by atomic mass is 9.94. The van der Waals surface area contributed by atoms with Crippen molar-refractivity contribution in [1.29, 1.82) is 0 Å². The van der Waals surface area contributed by atoms with E-state index in [2.05, 4.69) is 50.9 Å². The van der Waals surface area contributed by atoms with Gasteiger partial charge in [0.25, 0.3) is 0 Å². The Hall–Kier alpha value is -2.82. The van der Waals surface area contributed by atoms with Crippen LogP contribution in [0.25, 0.3) is 27.5 Å². The van der Waals surface area contributed by atoms with Gasteiger partial charge in [-0.1, -0.05) is 6.07 Å². The zero-order chi connectivity index (χ0) is 15.4. The number of rotatable bonds is 3. The molecule has 114 valence electrons. The molecule has 0 bridgehead atoms. The van der Waals surface area contributed by atoms with E-state index in [0.29, 0.717) is 5.92 Å². The highest BCUT2D eigenvalue weighted by atomic mass is 15.3. The summed E-state index contributed by atoms with van der Waals surface area (Å²) in [5.41, 5.74) is 6.17. The maximum absolute atomic E-state index is 4.48. The van der Waals surface area contributed by atoms with E-state index in [1.807, 2.05) is 24.0 Å². The Kier molecular flexibility index (Phi) is 2.53. The van der Waals surface area contributed by atoms with Crippen molar-refractivity contribution in [2.45, 2.75) is 18.8 Å². The van der Waals surface area contributed by atoms with Crippen LogP contribution in [-0.2, 0) is 0 Å². The molecule has 1 aliphatic rings. The van der Waals surface area contributed by atoms with E-state index >= 15 is 0 Å². The normalized spacial score (nSPS) is 14.7. The topological polar surface area (TPSA) is 58.0 Å². The second kappa shape index (κ2) is 4.59. The standard InChI is InChI=1S/C18H17N5/c1-19-17-9-13-8-12(6-7-23(13)22-17)18-14(11-2-3-11)4-5-16-15(18)10-20-21-16/h4-11H,2-3H2,1H3,(H,19,22)(H,20,21). The highest BCUT2D eigenvalue weighted by molar-refractivity contribution is 5.97. The summed E-state index contributed by atoms with van der Waals surface area (Å²) >= 11 is 0. The molecule has 5 heteroatoms. The minimum atomic E-state index is 0.693. The Balaban J connectivity index is 1.78. The fraction of sp³-hybridized carbons (Fsp3) is 0.222. The largest absolute Gasteiger partial charge is 0.372 e. The number of anilines is 1. The first-order valence-corrected chi connectivity index (χ1v) is 7.97. The van der Waals surface area contributed by atoms with Gasteiger partial charge in [0.15, 0.2) is 0 Å². The average molecular weight is 303 g/mol. The molecule has 2 N–H and O–H groups in total. The van der Waals surface area contributed by atoms with E-state index in [-0.39, 0.29) is 0 Å². The number of nitrogens with one attached hydrogen (secondary N) is 2. The van der Waals surface area contributed by atoms with Gasteiger partial charge in [0.2, 0.25) is 0 Å². The summed E-state index contributed by atoms with van der Waals surface area (Å²) < 4.78 is 1.90. The molecule has 5 rings (SSSR count). The van der Waals surface area contributed by atoms with Crippen molar-refractivity contribution in [3.05, 3.63) is 48.3 Å². The summed E-state index contributed by atoms with van der Waals surface area (Å²) in [6.07, 6.45) is 6.54. The molecule has 1 aliphatic carbocycles. The molecule has 5 nitrogen and oxygen atoms in total. The molecule has 0 spiro atoms. The molecular formula is C18H17N5. The number of H-pyrrole nitrogens is 1. The maximum Gasteiger partial charge on any atom is 0.148 e. The van der Waals surface area contributed by atoms with E-state index in [9.17, 15) is 0 Å². The third-order valence-corrected chi connectivity index (χ3v) is 4.68. The Morgan fingerprint density at radius 2 is 2.13 bits per heavy atom. The molecule has 3 aromatic heterocycles. The van der Waals surface area contributed by atoms with Gasteiger partial charge in [0.1, 0.15) is 5.82 Å². The first-order valence-electron chi connectivity index (χ1n) is 7.97. The van der Waals surface area contributed by atoms with Crippen LogP contribution in [0, 0.1) is 0 Å². The van der Waals surface area contributed by atoms with Crippen LogP contribution in [0.3, 0.4) is 0 Å². The van der Waals surface area contributed by atoms with Gasteiger partial charge in [0.05, 0.1) is 17.2 Å². The molecule has 0 amide bonds. The molecule has 1 aromatic carbocycles. The van der Waals surface area contributed by atoms with Crippen LogP contribution >= 0.6 is 0 Å². The van der Waals surface area contributed by atoms with Crippen molar-refractivity contribution in [1.82, 2.24) is 19.8 Å². The molecule has 3 heterocycles. The first-order chi connectivity index (χ1) is 11.3. The number of fused-ring (bicyclic) bond motifs is 2. The summed E-state index contributed by atoms with van der Waals surface area (Å²) in [7, 11) is 1.89. The van der Waals surface area contributed by atoms with Crippen molar-refractivity contribution in [3.8, 4) is 11.1 Å². The third kappa shape index (κ3) is 1.93. The van der Waals surface area contributed by atoms with E-state index in [0.717, 1.165) is 16.9 Å². The number of hydrogen-bond acceptors (Lipinski definition) is 3. The number of benzene rings is 1. The molecule has 1 fully saturated rings. The van der Waals surface area contributed by atoms with Gasteiger partial charge >= 0.3 is 0 Å². The smallest absolute Gasteiger partial charge is 0.148 e. The molecule has 0 radical (unpaired) electrons. The Morgan fingerprint density at radius 3 is 2.96 bits per heavy atom. The SMILES string of the molecule is CNc1cc2cc(-c3c(C4CC4)ccc4[nH]ncc34)ccn2n1. The maximum atomic E-state index is 4.48. The van der Waals surface area contributed by atoms with Crippen LogP contribution < -0.4 is 5.32 Å². The van der Waals surface area contributed by atoms with Gasteiger partial charge in [0, 0.05) is 24.7 Å². The predicted molar refractivity (Wildman–Crippen MR) is 91.8 cm³/mol. The lowest BCUT2D eigenvalue weighted by Gasteiger charge is -2.11. The van der Waals surface area contributed by atoms with Gasteiger partial charge in [-0.3, -0.25) is 5.10 Å². The van der Waals surface area contributed by atoms with Crippen LogP contribution in [0.15, 0.2) is 42.7 Å². The summed E-state index contributed by atoms with van der Waals surface area (Å²) in [6, 6.07) is 10.8. The van der Waals surface area contributed by atoms with Crippen LogP contribution in [-0.4, -0.2) is 26.9 Å². The number of aromatic amines is 1. The molecule has 1 saturated carbocycles. The van der Waals surface area contributed by atoms with Gasteiger partial charge in [-0.2, -0.15) is 10.2 Å². The van der Waals surface area contributed by atoms with E-state index in [1.54, 1.807) is 0 Å². The highest BCUT2D eigenvalue weighted by Crippen LogP contribution is 2.46. The number of aromatic nitrogens is 4. The van der Waals surface area contributed by atoms with E-state index in [1.165, 1.54) is 34.9 Å². The molecule has 0 atom stereocenters. The van der Waals surface area contributed by atoms with E-state index in [4.69, 9.17) is 0 Å². The van der Waals surface area contributed by atoms with Crippen LogP contribution in [0.5, 0.6) is 0 Å². The van der Waals surface area contributed by atoms with E-state index < -0.39 is 0 Å². The fourth-order valence-electron chi connectivity index (χ4n) is 3.36. The molecule has 0 saturated heterocycles. The third-order valence-electron chi connectivity index (χ3n) is 4.68. The highest BCUT2D eigenvalue weighted by Gasteiger charge is 2.27. The lowest BCUT2D eigenvalue weighted by Crippen LogP contribution is -1.92. The fourth-order valence-corrected chi connectivity index (χ4v) is 3.36. The first kappa shape index (κ1) is 12.7. The quantitative estimate of drug-likeness (QED) is 0.605. The predicted octanol–water partition coefficient (Wildman–Crippen LogP) is 3.80. The Morgan fingerprint density at radius 1 is 1.22 bits per heavy atom. The summed E-state index contributed by atoms with van der Waals surface area (Å²) in [6.45, 7) is 0. The van der Waals surface area contributed by atoms with Gasteiger partial charge in [-0.25, -0.2) is 4.52 Å². The number of hydrogen-bond donors (Lipinski definition) is 2.